The Morgan fingerprint density at radius 3 is 1.71 bits per heavy atom. The highest BCUT2D eigenvalue weighted by Crippen LogP contribution is 2.45. The van der Waals surface area contributed by atoms with Gasteiger partial charge in [-0.15, -0.1) is 0 Å². The van der Waals surface area contributed by atoms with E-state index in [4.69, 9.17) is 4.74 Å². The molecule has 0 unspecified atom stereocenters. The maximum Gasteiger partial charge on any atom is 0.417 e. The van der Waals surface area contributed by atoms with Gasteiger partial charge in [-0.3, -0.25) is 14.4 Å². The monoisotopic (exact) mass is 301 g/mol. The van der Waals surface area contributed by atoms with Crippen LogP contribution in [0.2, 0.25) is 0 Å². The normalized spacial score (nSPS) is 23.8. The molecule has 1 aliphatic carbocycles. The molecule has 0 aliphatic heterocycles. The molecular weight excluding hydrogens is 282 g/mol. The number of ether oxygens (including phenoxy) is 3. The molecule has 0 heterocycles. The quantitative estimate of drug-likeness (QED) is 0.419. The summed E-state index contributed by atoms with van der Waals surface area (Å²) in [5, 5.41) is 0. The topological polar surface area (TPSA) is 99.2 Å². The van der Waals surface area contributed by atoms with E-state index in [1.165, 1.54) is 0 Å². The first-order valence-corrected chi connectivity index (χ1v) is 6.30. The van der Waals surface area contributed by atoms with Crippen molar-refractivity contribution in [2.24, 2.45) is 11.8 Å². The van der Waals surface area contributed by atoms with E-state index in [1.54, 1.807) is 20.8 Å². The number of amides is 2. The van der Waals surface area contributed by atoms with Crippen molar-refractivity contribution in [2.75, 3.05) is 14.2 Å². The first kappa shape index (κ1) is 16.9. The number of carbonyl (C=O) groups is 4. The molecule has 0 N–H and O–H groups in total. The predicted octanol–water partition coefficient (Wildman–Crippen LogP) is 0.340. The van der Waals surface area contributed by atoms with Crippen LogP contribution in [-0.2, 0) is 28.6 Å². The Morgan fingerprint density at radius 1 is 1.00 bits per heavy atom. The van der Waals surface area contributed by atoms with E-state index >= 15 is 0 Å². The van der Waals surface area contributed by atoms with Crippen LogP contribution in [0.15, 0.2) is 0 Å². The van der Waals surface area contributed by atoms with Gasteiger partial charge in [0.15, 0.2) is 0 Å². The van der Waals surface area contributed by atoms with Crippen LogP contribution in [-0.4, -0.2) is 55.2 Å². The fourth-order valence-corrected chi connectivity index (χ4v) is 2.03. The number of imide groups is 1. The van der Waals surface area contributed by atoms with E-state index in [1.807, 2.05) is 0 Å². The summed E-state index contributed by atoms with van der Waals surface area (Å²) in [4.78, 5) is 47.0. The summed E-state index contributed by atoms with van der Waals surface area (Å²) in [6, 6.07) is -0.947. The Kier molecular flexibility index (Phi) is 4.93. The van der Waals surface area contributed by atoms with Crippen molar-refractivity contribution in [1.82, 2.24) is 4.90 Å². The Hall–Kier alpha value is -2.12. The van der Waals surface area contributed by atoms with Gasteiger partial charge in [-0.1, -0.05) is 0 Å². The van der Waals surface area contributed by atoms with Gasteiger partial charge < -0.3 is 14.2 Å². The SMILES string of the molecule is COC(=O)[C@H]1C(N(C=O)C(=O)OC(C)(C)C)[C@@H]1C(=O)OC. The fraction of sp³-hybridized carbons (Fsp3) is 0.692. The smallest absolute Gasteiger partial charge is 0.417 e. The minimum atomic E-state index is -0.947. The van der Waals surface area contributed by atoms with Crippen molar-refractivity contribution in [1.29, 1.82) is 0 Å². The summed E-state index contributed by atoms with van der Waals surface area (Å²) in [6.45, 7) is 4.91. The van der Waals surface area contributed by atoms with Crippen molar-refractivity contribution in [3.05, 3.63) is 0 Å². The molecule has 0 spiro atoms. The zero-order valence-corrected chi connectivity index (χ0v) is 12.6. The molecule has 118 valence electrons. The second-order valence-corrected chi connectivity index (χ2v) is 5.58. The van der Waals surface area contributed by atoms with Crippen LogP contribution in [0.4, 0.5) is 4.79 Å². The van der Waals surface area contributed by atoms with E-state index in [2.05, 4.69) is 9.47 Å². The summed E-state index contributed by atoms with van der Waals surface area (Å²) in [6.07, 6.45) is -0.694. The molecule has 1 saturated carbocycles. The van der Waals surface area contributed by atoms with E-state index in [0.717, 1.165) is 14.2 Å². The maximum atomic E-state index is 12.0. The minimum absolute atomic E-state index is 0.234. The van der Waals surface area contributed by atoms with Crippen molar-refractivity contribution < 1.29 is 33.4 Å². The molecule has 0 bridgehead atoms. The average molecular weight is 301 g/mol. The van der Waals surface area contributed by atoms with Crippen LogP contribution in [0.5, 0.6) is 0 Å². The van der Waals surface area contributed by atoms with Crippen molar-refractivity contribution >= 4 is 24.4 Å². The van der Waals surface area contributed by atoms with Gasteiger partial charge >= 0.3 is 18.0 Å². The molecule has 1 fully saturated rings. The van der Waals surface area contributed by atoms with Gasteiger partial charge in [-0.2, -0.15) is 0 Å². The van der Waals surface area contributed by atoms with Crippen LogP contribution in [0.3, 0.4) is 0 Å². The first-order chi connectivity index (χ1) is 9.67. The van der Waals surface area contributed by atoms with E-state index in [-0.39, 0.29) is 6.41 Å². The third kappa shape index (κ3) is 3.71. The third-order valence-electron chi connectivity index (χ3n) is 2.97. The largest absolute Gasteiger partial charge is 0.469 e. The zero-order valence-electron chi connectivity index (χ0n) is 12.6. The second-order valence-electron chi connectivity index (χ2n) is 5.58. The Labute approximate surface area is 122 Å². The molecule has 8 nitrogen and oxygen atoms in total. The average Bonchev–Trinajstić information content (AvgIpc) is 3.10. The maximum absolute atomic E-state index is 12.0. The predicted molar refractivity (Wildman–Crippen MR) is 68.9 cm³/mol. The standard InChI is InChI=1S/C13H19NO7/c1-13(2,3)21-12(18)14(6-15)9-7(10(16)19-4)8(9)11(17)20-5/h6-9H,1-5H3/t7-,8-/m1/s1. The second kappa shape index (κ2) is 6.11. The van der Waals surface area contributed by atoms with E-state index in [9.17, 15) is 19.2 Å². The summed E-state index contributed by atoms with van der Waals surface area (Å²) < 4.78 is 14.2. The van der Waals surface area contributed by atoms with Crippen LogP contribution in [0.25, 0.3) is 0 Å². The molecule has 2 atom stereocenters. The summed E-state index contributed by atoms with van der Waals surface area (Å²) in [5.41, 5.74) is -0.811. The lowest BCUT2D eigenvalue weighted by molar-refractivity contribution is -0.148. The van der Waals surface area contributed by atoms with Gasteiger partial charge in [0.1, 0.15) is 5.60 Å². The van der Waals surface area contributed by atoms with Gasteiger partial charge in [0.2, 0.25) is 6.41 Å². The molecule has 8 heteroatoms. The number of carbonyl (C=O) groups excluding carboxylic acids is 4. The zero-order chi connectivity index (χ0) is 16.4. The highest BCUT2D eigenvalue weighted by atomic mass is 16.6. The number of hydrogen-bond acceptors (Lipinski definition) is 7. The lowest BCUT2D eigenvalue weighted by atomic mass is 10.2. The first-order valence-electron chi connectivity index (χ1n) is 6.30. The van der Waals surface area contributed by atoms with Gasteiger partial charge in [-0.25, -0.2) is 9.69 Å². The number of esters is 2. The highest BCUT2D eigenvalue weighted by Gasteiger charge is 2.65. The van der Waals surface area contributed by atoms with Crippen molar-refractivity contribution in [3.8, 4) is 0 Å². The van der Waals surface area contributed by atoms with E-state index in [0.29, 0.717) is 4.90 Å². The highest BCUT2D eigenvalue weighted by molar-refractivity contribution is 5.93. The van der Waals surface area contributed by atoms with Crippen LogP contribution < -0.4 is 0 Å². The molecule has 0 saturated heterocycles. The number of nitrogens with zero attached hydrogens (tertiary/aromatic N) is 1. The molecular formula is C13H19NO7. The Morgan fingerprint density at radius 2 is 1.43 bits per heavy atom. The van der Waals surface area contributed by atoms with Gasteiger partial charge in [0.25, 0.3) is 0 Å². The number of methoxy groups -OCH3 is 2. The molecule has 0 aromatic carbocycles. The van der Waals surface area contributed by atoms with Gasteiger partial charge in [-0.05, 0) is 20.8 Å². The van der Waals surface area contributed by atoms with Crippen LogP contribution >= 0.6 is 0 Å². The number of rotatable bonds is 4. The lowest BCUT2D eigenvalue weighted by Crippen LogP contribution is -2.39. The third-order valence-corrected chi connectivity index (χ3v) is 2.97. The molecule has 0 aromatic rings. The molecule has 0 radical (unpaired) electrons. The molecule has 1 aliphatic rings. The van der Waals surface area contributed by atoms with Gasteiger partial charge in [0.05, 0.1) is 32.1 Å². The lowest BCUT2D eigenvalue weighted by Gasteiger charge is -2.23. The van der Waals surface area contributed by atoms with Gasteiger partial charge in [0, 0.05) is 0 Å². The molecule has 21 heavy (non-hydrogen) atoms. The number of hydrogen-bond donors (Lipinski definition) is 0. The summed E-state index contributed by atoms with van der Waals surface area (Å²) in [7, 11) is 2.32. The Balaban J connectivity index is 2.93. The Bertz CT molecular complexity index is 432. The summed E-state index contributed by atoms with van der Waals surface area (Å²) in [5.74, 6) is -3.24. The fourth-order valence-electron chi connectivity index (χ4n) is 2.03. The summed E-state index contributed by atoms with van der Waals surface area (Å²) >= 11 is 0. The molecule has 0 aromatic heterocycles. The molecule has 2 amide bonds. The van der Waals surface area contributed by atoms with E-state index < -0.39 is 41.5 Å². The van der Waals surface area contributed by atoms with Crippen LogP contribution in [0.1, 0.15) is 20.8 Å². The minimum Gasteiger partial charge on any atom is -0.469 e. The molecule has 1 rings (SSSR count). The van der Waals surface area contributed by atoms with Crippen molar-refractivity contribution in [3.63, 3.8) is 0 Å². The van der Waals surface area contributed by atoms with Crippen molar-refractivity contribution in [2.45, 2.75) is 32.4 Å². The van der Waals surface area contributed by atoms with Crippen LogP contribution in [0, 0.1) is 11.8 Å².